The summed E-state index contributed by atoms with van der Waals surface area (Å²) in [5.74, 6) is -5.56. The Kier molecular flexibility index (Phi) is 5.26. The van der Waals surface area contributed by atoms with Gasteiger partial charge in [0.1, 0.15) is 5.82 Å². The van der Waals surface area contributed by atoms with Gasteiger partial charge in [-0.2, -0.15) is 8.78 Å². The first kappa shape index (κ1) is 16.2. The molecule has 1 rings (SSSR count). The number of hydrogen-bond acceptors (Lipinski definition) is 3. The first-order valence-electron chi connectivity index (χ1n) is 5.41. The maximum absolute atomic E-state index is 13.8. The van der Waals surface area contributed by atoms with Crippen LogP contribution in [0.4, 0.5) is 22.0 Å². The quantitative estimate of drug-likeness (QED) is 0.247. The van der Waals surface area contributed by atoms with Crippen LogP contribution in [0.25, 0.3) is 0 Å². The molecule has 0 atom stereocenters. The number of nitrogens with one attached hydrogen (secondary N) is 1. The first-order valence-corrected chi connectivity index (χ1v) is 5.41. The molecule has 0 bridgehead atoms. The van der Waals surface area contributed by atoms with Crippen LogP contribution >= 0.6 is 0 Å². The van der Waals surface area contributed by atoms with Gasteiger partial charge in [-0.15, -0.1) is 0 Å². The minimum Gasteiger partial charge on any atom is -0.409 e. The van der Waals surface area contributed by atoms with Crippen molar-refractivity contribution in [1.82, 2.24) is 5.32 Å². The van der Waals surface area contributed by atoms with Gasteiger partial charge in [0.05, 0.1) is 12.1 Å². The zero-order valence-corrected chi connectivity index (χ0v) is 10.1. The second-order valence-corrected chi connectivity index (χ2v) is 3.93. The van der Waals surface area contributed by atoms with E-state index in [2.05, 4.69) is 5.16 Å². The summed E-state index contributed by atoms with van der Waals surface area (Å²) in [5, 5.41) is 13.1. The third-order valence-electron chi connectivity index (χ3n) is 2.46. The van der Waals surface area contributed by atoms with Crippen molar-refractivity contribution in [3.63, 3.8) is 0 Å². The third-order valence-corrected chi connectivity index (χ3v) is 2.46. The number of alkyl halides is 4. The van der Waals surface area contributed by atoms with E-state index >= 15 is 0 Å². The van der Waals surface area contributed by atoms with Crippen LogP contribution < -0.4 is 11.1 Å². The second kappa shape index (κ2) is 6.51. The minimum absolute atomic E-state index is 0.0702. The Balaban J connectivity index is 2.75. The molecule has 1 aromatic rings. The van der Waals surface area contributed by atoms with Crippen molar-refractivity contribution in [3.8, 4) is 0 Å². The predicted molar refractivity (Wildman–Crippen MR) is 61.6 cm³/mol. The van der Waals surface area contributed by atoms with Crippen molar-refractivity contribution in [2.24, 2.45) is 10.9 Å². The summed E-state index contributed by atoms with van der Waals surface area (Å²) in [4.78, 5) is 0. The fourth-order valence-corrected chi connectivity index (χ4v) is 1.41. The van der Waals surface area contributed by atoms with Crippen LogP contribution in [-0.2, 0) is 6.54 Å². The Morgan fingerprint density at radius 2 is 2.05 bits per heavy atom. The van der Waals surface area contributed by atoms with Crippen molar-refractivity contribution < 1.29 is 27.2 Å². The SMILES string of the molecule is N/C(=N/O)c1cccc(CNCC(F)(F)C(F)F)c1F. The fourth-order valence-electron chi connectivity index (χ4n) is 1.41. The Morgan fingerprint density at radius 1 is 1.40 bits per heavy atom. The van der Waals surface area contributed by atoms with E-state index in [4.69, 9.17) is 10.9 Å². The van der Waals surface area contributed by atoms with Gasteiger partial charge in [-0.1, -0.05) is 17.3 Å². The van der Waals surface area contributed by atoms with Crippen molar-refractivity contribution >= 4 is 5.84 Å². The largest absolute Gasteiger partial charge is 0.409 e. The van der Waals surface area contributed by atoms with Gasteiger partial charge in [0.25, 0.3) is 0 Å². The fraction of sp³-hybridized carbons (Fsp3) is 0.364. The van der Waals surface area contributed by atoms with E-state index in [0.29, 0.717) is 0 Å². The molecular formula is C11H12F5N3O. The van der Waals surface area contributed by atoms with Crippen LogP contribution in [0.3, 0.4) is 0 Å². The Labute approximate surface area is 111 Å². The summed E-state index contributed by atoms with van der Waals surface area (Å²) < 4.78 is 62.9. The van der Waals surface area contributed by atoms with E-state index in [1.165, 1.54) is 18.2 Å². The Morgan fingerprint density at radius 3 is 2.60 bits per heavy atom. The second-order valence-electron chi connectivity index (χ2n) is 3.93. The molecule has 0 aliphatic carbocycles. The lowest BCUT2D eigenvalue weighted by Crippen LogP contribution is -2.38. The van der Waals surface area contributed by atoms with Crippen molar-refractivity contribution in [3.05, 3.63) is 35.1 Å². The molecule has 0 unspecified atom stereocenters. The van der Waals surface area contributed by atoms with Gasteiger partial charge in [0, 0.05) is 12.1 Å². The summed E-state index contributed by atoms with van der Waals surface area (Å²) in [6, 6.07) is 3.84. The number of nitrogens with zero attached hydrogens (tertiary/aromatic N) is 1. The van der Waals surface area contributed by atoms with Gasteiger partial charge in [-0.05, 0) is 6.07 Å². The number of oxime groups is 1. The zero-order chi connectivity index (χ0) is 15.3. The molecule has 0 heterocycles. The summed E-state index contributed by atoms with van der Waals surface area (Å²) in [5.41, 5.74) is 4.94. The lowest BCUT2D eigenvalue weighted by molar-refractivity contribution is -0.125. The van der Waals surface area contributed by atoms with Crippen molar-refractivity contribution in [2.45, 2.75) is 18.9 Å². The molecule has 0 aromatic heterocycles. The summed E-state index contributed by atoms with van der Waals surface area (Å²) in [6.07, 6.45) is -3.80. The smallest absolute Gasteiger partial charge is 0.319 e. The Bertz CT molecular complexity index is 493. The molecule has 0 spiro atoms. The average molecular weight is 297 g/mol. The summed E-state index contributed by atoms with van der Waals surface area (Å²) in [7, 11) is 0. The highest BCUT2D eigenvalue weighted by molar-refractivity contribution is 5.97. The maximum atomic E-state index is 13.8. The molecule has 9 heteroatoms. The molecule has 20 heavy (non-hydrogen) atoms. The molecule has 0 amide bonds. The topological polar surface area (TPSA) is 70.6 Å². The molecule has 4 nitrogen and oxygen atoms in total. The maximum Gasteiger partial charge on any atom is 0.319 e. The van der Waals surface area contributed by atoms with Crippen LogP contribution in [-0.4, -0.2) is 29.9 Å². The van der Waals surface area contributed by atoms with Gasteiger partial charge in [-0.25, -0.2) is 13.2 Å². The Hall–Kier alpha value is -1.90. The van der Waals surface area contributed by atoms with Gasteiger partial charge in [-0.3, -0.25) is 0 Å². The molecule has 0 saturated heterocycles. The molecule has 0 saturated carbocycles. The van der Waals surface area contributed by atoms with E-state index in [1.54, 1.807) is 0 Å². The normalized spacial score (nSPS) is 13.0. The average Bonchev–Trinajstić information content (AvgIpc) is 2.39. The standard InChI is InChI=1S/C11H12F5N3O/c12-8-6(2-1-3-7(8)9(17)19-20)4-18-5-11(15,16)10(13)14/h1-3,10,18,20H,4-5H2,(H2,17,19). The zero-order valence-electron chi connectivity index (χ0n) is 10.1. The molecule has 112 valence electrons. The predicted octanol–water partition coefficient (Wildman–Crippen LogP) is 1.91. The highest BCUT2D eigenvalue weighted by Crippen LogP contribution is 2.21. The van der Waals surface area contributed by atoms with Gasteiger partial charge >= 0.3 is 12.3 Å². The van der Waals surface area contributed by atoms with E-state index in [-0.39, 0.29) is 11.1 Å². The van der Waals surface area contributed by atoms with Crippen LogP contribution in [0.5, 0.6) is 0 Å². The van der Waals surface area contributed by atoms with Crippen LogP contribution in [0.15, 0.2) is 23.4 Å². The van der Waals surface area contributed by atoms with Crippen LogP contribution in [0.2, 0.25) is 0 Å². The van der Waals surface area contributed by atoms with E-state index in [9.17, 15) is 22.0 Å². The lowest BCUT2D eigenvalue weighted by Gasteiger charge is -2.16. The molecule has 1 aromatic carbocycles. The lowest BCUT2D eigenvalue weighted by atomic mass is 10.1. The monoisotopic (exact) mass is 297 g/mol. The first-order chi connectivity index (χ1) is 9.29. The molecule has 0 aliphatic heterocycles. The number of amidine groups is 1. The number of hydrogen-bond donors (Lipinski definition) is 3. The van der Waals surface area contributed by atoms with Crippen LogP contribution in [0, 0.1) is 5.82 Å². The highest BCUT2D eigenvalue weighted by atomic mass is 19.3. The van der Waals surface area contributed by atoms with Crippen molar-refractivity contribution in [2.75, 3.05) is 6.54 Å². The van der Waals surface area contributed by atoms with Crippen molar-refractivity contribution in [1.29, 1.82) is 0 Å². The van der Waals surface area contributed by atoms with Gasteiger partial charge in [0.15, 0.2) is 5.84 Å². The van der Waals surface area contributed by atoms with Gasteiger partial charge < -0.3 is 16.3 Å². The number of halogens is 5. The molecule has 4 N–H and O–H groups in total. The van der Waals surface area contributed by atoms with Gasteiger partial charge in [0.2, 0.25) is 0 Å². The summed E-state index contributed by atoms with van der Waals surface area (Å²) >= 11 is 0. The molecular weight excluding hydrogens is 285 g/mol. The number of benzene rings is 1. The molecule has 0 aliphatic rings. The van der Waals surface area contributed by atoms with E-state index < -0.39 is 37.1 Å². The third kappa shape index (κ3) is 3.80. The highest BCUT2D eigenvalue weighted by Gasteiger charge is 2.40. The number of nitrogens with two attached hydrogens (primary N) is 1. The number of rotatable bonds is 6. The van der Waals surface area contributed by atoms with Crippen LogP contribution in [0.1, 0.15) is 11.1 Å². The molecule has 0 radical (unpaired) electrons. The van der Waals surface area contributed by atoms with E-state index in [1.807, 2.05) is 5.32 Å². The summed E-state index contributed by atoms with van der Waals surface area (Å²) in [6.45, 7) is -1.70. The minimum atomic E-state index is -4.19. The molecule has 0 fully saturated rings. The van der Waals surface area contributed by atoms with E-state index in [0.717, 1.165) is 0 Å².